The maximum absolute atomic E-state index is 12.6. The summed E-state index contributed by atoms with van der Waals surface area (Å²) in [6.45, 7) is 9.74. The Morgan fingerprint density at radius 1 is 1.00 bits per heavy atom. The maximum Gasteiger partial charge on any atom is 0.253 e. The van der Waals surface area contributed by atoms with Crippen molar-refractivity contribution in [3.63, 3.8) is 0 Å². The SMILES string of the molecule is Cc1ccc(C(C)N2CCN(C(=O)c3ccc(O)cc3)CC2)c(C)c1. The highest BCUT2D eigenvalue weighted by Crippen LogP contribution is 2.25. The van der Waals surface area contributed by atoms with E-state index in [-0.39, 0.29) is 11.7 Å². The molecule has 1 N–H and O–H groups in total. The average molecular weight is 338 g/mol. The van der Waals surface area contributed by atoms with Crippen LogP contribution in [0.2, 0.25) is 0 Å². The number of aromatic hydroxyl groups is 1. The summed E-state index contributed by atoms with van der Waals surface area (Å²) in [6.07, 6.45) is 0. The van der Waals surface area contributed by atoms with Gasteiger partial charge in [-0.1, -0.05) is 23.8 Å². The van der Waals surface area contributed by atoms with Crippen LogP contribution in [0.1, 0.15) is 40.0 Å². The third-order valence-corrected chi connectivity index (χ3v) is 5.14. The van der Waals surface area contributed by atoms with Crippen LogP contribution in [-0.2, 0) is 0 Å². The van der Waals surface area contributed by atoms with Crippen molar-refractivity contribution < 1.29 is 9.90 Å². The summed E-state index contributed by atoms with van der Waals surface area (Å²) in [4.78, 5) is 16.9. The molecule has 2 aromatic carbocycles. The van der Waals surface area contributed by atoms with Crippen molar-refractivity contribution in [2.45, 2.75) is 26.8 Å². The monoisotopic (exact) mass is 338 g/mol. The van der Waals surface area contributed by atoms with Crippen LogP contribution in [0.3, 0.4) is 0 Å². The van der Waals surface area contributed by atoms with E-state index in [9.17, 15) is 9.90 Å². The maximum atomic E-state index is 12.6. The smallest absolute Gasteiger partial charge is 0.253 e. The molecular formula is C21H26N2O2. The van der Waals surface area contributed by atoms with Crippen LogP contribution in [0, 0.1) is 13.8 Å². The highest BCUT2D eigenvalue weighted by Gasteiger charge is 2.25. The van der Waals surface area contributed by atoms with Crippen LogP contribution in [0.25, 0.3) is 0 Å². The molecule has 25 heavy (non-hydrogen) atoms. The summed E-state index contributed by atoms with van der Waals surface area (Å²) in [6, 6.07) is 13.5. The molecule has 1 saturated heterocycles. The fourth-order valence-corrected chi connectivity index (χ4v) is 3.59. The van der Waals surface area contributed by atoms with Crippen molar-refractivity contribution >= 4 is 5.91 Å². The minimum atomic E-state index is 0.0406. The van der Waals surface area contributed by atoms with Gasteiger partial charge in [-0.3, -0.25) is 9.69 Å². The summed E-state index contributed by atoms with van der Waals surface area (Å²) in [5.41, 5.74) is 4.62. The lowest BCUT2D eigenvalue weighted by Crippen LogP contribution is -2.49. The van der Waals surface area contributed by atoms with Crippen LogP contribution in [0.15, 0.2) is 42.5 Å². The molecule has 1 aliphatic rings. The number of phenols is 1. The van der Waals surface area contributed by atoms with E-state index in [0.717, 1.165) is 26.2 Å². The number of carbonyl (C=O) groups is 1. The molecule has 2 aromatic rings. The first-order valence-electron chi connectivity index (χ1n) is 8.85. The van der Waals surface area contributed by atoms with E-state index < -0.39 is 0 Å². The fourth-order valence-electron chi connectivity index (χ4n) is 3.59. The summed E-state index contributed by atoms with van der Waals surface area (Å²) in [5, 5.41) is 9.36. The highest BCUT2D eigenvalue weighted by molar-refractivity contribution is 5.94. The van der Waals surface area contributed by atoms with Gasteiger partial charge in [-0.15, -0.1) is 0 Å². The first-order chi connectivity index (χ1) is 12.0. The van der Waals surface area contributed by atoms with Gasteiger partial charge in [0, 0.05) is 37.8 Å². The van der Waals surface area contributed by atoms with E-state index in [1.54, 1.807) is 24.3 Å². The second-order valence-corrected chi connectivity index (χ2v) is 6.91. The van der Waals surface area contributed by atoms with Crippen molar-refractivity contribution in [2.75, 3.05) is 26.2 Å². The predicted octanol–water partition coefficient (Wildman–Crippen LogP) is 3.53. The molecule has 132 valence electrons. The van der Waals surface area contributed by atoms with E-state index in [0.29, 0.717) is 11.6 Å². The molecule has 1 heterocycles. The van der Waals surface area contributed by atoms with Gasteiger partial charge in [-0.05, 0) is 56.2 Å². The molecular weight excluding hydrogens is 312 g/mol. The number of phenolic OH excluding ortho intramolecular Hbond substituents is 1. The number of amides is 1. The molecule has 3 rings (SSSR count). The predicted molar refractivity (Wildman–Crippen MR) is 99.9 cm³/mol. The zero-order chi connectivity index (χ0) is 18.0. The van der Waals surface area contributed by atoms with E-state index >= 15 is 0 Å². The molecule has 0 aromatic heterocycles. The molecule has 1 unspecified atom stereocenters. The van der Waals surface area contributed by atoms with Crippen molar-refractivity contribution in [3.8, 4) is 5.75 Å². The normalized spacial score (nSPS) is 16.7. The highest BCUT2D eigenvalue weighted by atomic mass is 16.3. The molecule has 0 aliphatic carbocycles. The molecule has 1 fully saturated rings. The summed E-state index contributed by atoms with van der Waals surface area (Å²) in [7, 11) is 0. The minimum Gasteiger partial charge on any atom is -0.508 e. The van der Waals surface area contributed by atoms with E-state index in [2.05, 4.69) is 43.9 Å². The second-order valence-electron chi connectivity index (χ2n) is 6.91. The minimum absolute atomic E-state index is 0.0406. The molecule has 0 radical (unpaired) electrons. The molecule has 0 saturated carbocycles. The zero-order valence-electron chi connectivity index (χ0n) is 15.2. The fraction of sp³-hybridized carbons (Fsp3) is 0.381. The second kappa shape index (κ2) is 7.28. The number of aryl methyl sites for hydroxylation is 2. The Balaban J connectivity index is 1.63. The van der Waals surface area contributed by atoms with Crippen LogP contribution < -0.4 is 0 Å². The van der Waals surface area contributed by atoms with E-state index in [4.69, 9.17) is 0 Å². The summed E-state index contributed by atoms with van der Waals surface area (Å²) in [5.74, 6) is 0.225. The van der Waals surface area contributed by atoms with Gasteiger partial charge in [-0.2, -0.15) is 0 Å². The van der Waals surface area contributed by atoms with Gasteiger partial charge in [0.1, 0.15) is 5.75 Å². The topological polar surface area (TPSA) is 43.8 Å². The molecule has 4 heteroatoms. The Morgan fingerprint density at radius 3 is 2.24 bits per heavy atom. The number of carbonyl (C=O) groups excluding carboxylic acids is 1. The van der Waals surface area contributed by atoms with Crippen LogP contribution in [-0.4, -0.2) is 47.0 Å². The quantitative estimate of drug-likeness (QED) is 0.931. The zero-order valence-corrected chi connectivity index (χ0v) is 15.2. The van der Waals surface area contributed by atoms with Crippen molar-refractivity contribution in [3.05, 3.63) is 64.7 Å². The van der Waals surface area contributed by atoms with Gasteiger partial charge < -0.3 is 10.0 Å². The Morgan fingerprint density at radius 2 is 1.64 bits per heavy atom. The molecule has 1 atom stereocenters. The standard InChI is InChI=1S/C21H26N2O2/c1-15-4-9-20(16(2)14-15)17(3)22-10-12-23(13-11-22)21(25)18-5-7-19(24)8-6-18/h4-9,14,17,24H,10-13H2,1-3H3. The number of piperazine rings is 1. The van der Waals surface area contributed by atoms with Crippen molar-refractivity contribution in [1.29, 1.82) is 0 Å². The van der Waals surface area contributed by atoms with Gasteiger partial charge in [0.05, 0.1) is 0 Å². The van der Waals surface area contributed by atoms with Crippen LogP contribution in [0.5, 0.6) is 5.75 Å². The molecule has 4 nitrogen and oxygen atoms in total. The Bertz CT molecular complexity index is 747. The van der Waals surface area contributed by atoms with Crippen LogP contribution in [0.4, 0.5) is 0 Å². The molecule has 1 aliphatic heterocycles. The number of nitrogens with zero attached hydrogens (tertiary/aromatic N) is 2. The number of hydrogen-bond donors (Lipinski definition) is 1. The molecule has 1 amide bonds. The molecule has 0 spiro atoms. The molecule has 0 bridgehead atoms. The number of rotatable bonds is 3. The van der Waals surface area contributed by atoms with Gasteiger partial charge >= 0.3 is 0 Å². The third-order valence-electron chi connectivity index (χ3n) is 5.14. The number of hydrogen-bond acceptors (Lipinski definition) is 3. The lowest BCUT2D eigenvalue weighted by atomic mass is 9.98. The lowest BCUT2D eigenvalue weighted by Gasteiger charge is -2.38. The van der Waals surface area contributed by atoms with Crippen molar-refractivity contribution in [2.24, 2.45) is 0 Å². The van der Waals surface area contributed by atoms with Gasteiger partial charge in [0.15, 0.2) is 0 Å². The van der Waals surface area contributed by atoms with E-state index in [1.807, 2.05) is 4.90 Å². The van der Waals surface area contributed by atoms with E-state index in [1.165, 1.54) is 16.7 Å². The Kier molecular flexibility index (Phi) is 5.09. The number of benzene rings is 2. The Hall–Kier alpha value is -2.33. The van der Waals surface area contributed by atoms with Gasteiger partial charge in [0.25, 0.3) is 5.91 Å². The van der Waals surface area contributed by atoms with Gasteiger partial charge in [-0.25, -0.2) is 0 Å². The average Bonchev–Trinajstić information content (AvgIpc) is 2.61. The summed E-state index contributed by atoms with van der Waals surface area (Å²) < 4.78 is 0. The first-order valence-corrected chi connectivity index (χ1v) is 8.85. The third kappa shape index (κ3) is 3.85. The lowest BCUT2D eigenvalue weighted by molar-refractivity contribution is 0.0581. The largest absolute Gasteiger partial charge is 0.508 e. The Labute approximate surface area is 149 Å². The van der Waals surface area contributed by atoms with Crippen LogP contribution >= 0.6 is 0 Å². The van der Waals surface area contributed by atoms with Crippen molar-refractivity contribution in [1.82, 2.24) is 9.80 Å². The summed E-state index contributed by atoms with van der Waals surface area (Å²) >= 11 is 0. The van der Waals surface area contributed by atoms with Gasteiger partial charge in [0.2, 0.25) is 0 Å². The first kappa shape index (κ1) is 17.5.